The fourth-order valence-electron chi connectivity index (χ4n) is 2.02. The second kappa shape index (κ2) is 3.75. The molecule has 2 aliphatic rings. The summed E-state index contributed by atoms with van der Waals surface area (Å²) in [4.78, 5) is 10.5. The van der Waals surface area contributed by atoms with Crippen molar-refractivity contribution in [3.63, 3.8) is 0 Å². The predicted molar refractivity (Wildman–Crippen MR) is 53.9 cm³/mol. The van der Waals surface area contributed by atoms with Gasteiger partial charge in [-0.15, -0.1) is 0 Å². The van der Waals surface area contributed by atoms with Crippen LogP contribution in [-0.4, -0.2) is 42.1 Å². The van der Waals surface area contributed by atoms with Crippen molar-refractivity contribution < 1.29 is 18.3 Å². The van der Waals surface area contributed by atoms with Gasteiger partial charge in [0.05, 0.1) is 5.25 Å². The number of nitrogens with zero attached hydrogens (tertiary/aromatic N) is 1. The topological polar surface area (TPSA) is 74.7 Å². The molecular weight excluding hydrogens is 218 g/mol. The Bertz CT molecular complexity index is 360. The Morgan fingerprint density at radius 3 is 2.53 bits per heavy atom. The van der Waals surface area contributed by atoms with Crippen LogP contribution in [0.5, 0.6) is 0 Å². The van der Waals surface area contributed by atoms with Crippen LogP contribution in [-0.2, 0) is 14.8 Å². The molecule has 15 heavy (non-hydrogen) atoms. The lowest BCUT2D eigenvalue weighted by Gasteiger charge is -2.15. The molecule has 5 nitrogen and oxygen atoms in total. The minimum absolute atomic E-state index is 0.00368. The van der Waals surface area contributed by atoms with E-state index in [0.717, 1.165) is 12.8 Å². The molecule has 0 spiro atoms. The van der Waals surface area contributed by atoms with E-state index < -0.39 is 16.0 Å². The monoisotopic (exact) mass is 233 g/mol. The minimum atomic E-state index is -3.09. The summed E-state index contributed by atoms with van der Waals surface area (Å²) >= 11 is 0. The number of aliphatic carboxylic acids is 1. The van der Waals surface area contributed by atoms with Gasteiger partial charge in [0.2, 0.25) is 10.0 Å². The Morgan fingerprint density at radius 2 is 2.00 bits per heavy atom. The molecule has 1 atom stereocenters. The number of hydrogen-bond acceptors (Lipinski definition) is 3. The van der Waals surface area contributed by atoms with Crippen LogP contribution in [0.2, 0.25) is 0 Å². The lowest BCUT2D eigenvalue weighted by Crippen LogP contribution is -2.31. The highest BCUT2D eigenvalue weighted by atomic mass is 32.2. The van der Waals surface area contributed by atoms with Gasteiger partial charge in [-0.1, -0.05) is 0 Å². The number of sulfonamides is 1. The van der Waals surface area contributed by atoms with E-state index in [-0.39, 0.29) is 17.6 Å². The molecule has 86 valence electrons. The normalized spacial score (nSPS) is 28.1. The number of hydrogen-bond donors (Lipinski definition) is 1. The summed E-state index contributed by atoms with van der Waals surface area (Å²) in [5.74, 6) is -0.846. The predicted octanol–water partition coefficient (Wildman–Crippen LogP) is 0.275. The van der Waals surface area contributed by atoms with E-state index >= 15 is 0 Å². The van der Waals surface area contributed by atoms with Crippen molar-refractivity contribution in [2.24, 2.45) is 5.92 Å². The Hall–Kier alpha value is -0.620. The quantitative estimate of drug-likeness (QED) is 0.756. The smallest absolute Gasteiger partial charge is 0.303 e. The highest BCUT2D eigenvalue weighted by molar-refractivity contribution is 7.90. The van der Waals surface area contributed by atoms with Crippen molar-refractivity contribution in [1.29, 1.82) is 0 Å². The van der Waals surface area contributed by atoms with E-state index in [1.807, 2.05) is 0 Å². The summed E-state index contributed by atoms with van der Waals surface area (Å²) in [6, 6.07) is 0. The first-order chi connectivity index (χ1) is 7.00. The summed E-state index contributed by atoms with van der Waals surface area (Å²) in [5, 5.41) is 8.44. The SMILES string of the molecule is O=C(O)CC1CCN(S(=O)(=O)C2CC2)C1. The molecule has 6 heteroatoms. The lowest BCUT2D eigenvalue weighted by molar-refractivity contribution is -0.137. The zero-order valence-corrected chi connectivity index (χ0v) is 9.24. The maximum absolute atomic E-state index is 11.8. The molecule has 0 amide bonds. The van der Waals surface area contributed by atoms with Gasteiger partial charge < -0.3 is 5.11 Å². The summed E-state index contributed by atoms with van der Waals surface area (Å²) < 4.78 is 25.1. The van der Waals surface area contributed by atoms with Crippen molar-refractivity contribution >= 4 is 16.0 Å². The molecule has 1 saturated carbocycles. The van der Waals surface area contributed by atoms with Gasteiger partial charge in [-0.05, 0) is 25.2 Å². The maximum Gasteiger partial charge on any atom is 0.303 e. The van der Waals surface area contributed by atoms with Crippen LogP contribution < -0.4 is 0 Å². The van der Waals surface area contributed by atoms with Gasteiger partial charge in [0, 0.05) is 19.5 Å². The van der Waals surface area contributed by atoms with E-state index in [4.69, 9.17) is 5.11 Å². The van der Waals surface area contributed by atoms with Gasteiger partial charge in [-0.25, -0.2) is 12.7 Å². The highest BCUT2D eigenvalue weighted by Gasteiger charge is 2.42. The number of carboxylic acid groups (broad SMARTS) is 1. The van der Waals surface area contributed by atoms with Crippen LogP contribution in [0.15, 0.2) is 0 Å². The van der Waals surface area contributed by atoms with Crippen LogP contribution in [0.1, 0.15) is 25.7 Å². The van der Waals surface area contributed by atoms with E-state index in [1.165, 1.54) is 4.31 Å². The maximum atomic E-state index is 11.8. The van der Waals surface area contributed by atoms with E-state index in [9.17, 15) is 13.2 Å². The standard InChI is InChI=1S/C9H15NO4S/c11-9(12)5-7-3-4-10(6-7)15(13,14)8-1-2-8/h7-8H,1-6H2,(H,11,12). The molecule has 1 aliphatic heterocycles. The van der Waals surface area contributed by atoms with Gasteiger partial charge in [-0.3, -0.25) is 4.79 Å². The van der Waals surface area contributed by atoms with Crippen LogP contribution >= 0.6 is 0 Å². The van der Waals surface area contributed by atoms with Gasteiger partial charge >= 0.3 is 5.97 Å². The van der Waals surface area contributed by atoms with Crippen LogP contribution in [0.25, 0.3) is 0 Å². The van der Waals surface area contributed by atoms with Crippen molar-refractivity contribution in [2.45, 2.75) is 30.9 Å². The number of carboxylic acids is 1. The Morgan fingerprint density at radius 1 is 1.33 bits per heavy atom. The van der Waals surface area contributed by atoms with Gasteiger partial charge in [0.15, 0.2) is 0 Å². The second-order valence-electron chi connectivity index (χ2n) is 4.35. The first-order valence-corrected chi connectivity index (χ1v) is 6.71. The molecule has 0 bridgehead atoms. The summed E-state index contributed by atoms with van der Waals surface area (Å²) in [7, 11) is -3.09. The minimum Gasteiger partial charge on any atom is -0.481 e. The average molecular weight is 233 g/mol. The largest absolute Gasteiger partial charge is 0.481 e. The first kappa shape index (κ1) is 10.9. The van der Waals surface area contributed by atoms with E-state index in [1.54, 1.807) is 0 Å². The zero-order valence-electron chi connectivity index (χ0n) is 8.42. The van der Waals surface area contributed by atoms with Crippen molar-refractivity contribution in [1.82, 2.24) is 4.31 Å². The Balaban J connectivity index is 1.94. The third-order valence-electron chi connectivity index (χ3n) is 3.02. The molecule has 1 aliphatic carbocycles. The number of carbonyl (C=O) groups is 1. The van der Waals surface area contributed by atoms with Crippen molar-refractivity contribution in [3.05, 3.63) is 0 Å². The summed E-state index contributed by atoms with van der Waals surface area (Å²) in [6.45, 7) is 0.891. The first-order valence-electron chi connectivity index (χ1n) is 5.21. The van der Waals surface area contributed by atoms with Crippen molar-refractivity contribution in [3.8, 4) is 0 Å². The summed E-state index contributed by atoms with van der Waals surface area (Å²) in [6.07, 6.45) is 2.29. The molecule has 1 N–H and O–H groups in total. The van der Waals surface area contributed by atoms with E-state index in [2.05, 4.69) is 0 Å². The van der Waals surface area contributed by atoms with E-state index in [0.29, 0.717) is 19.5 Å². The molecule has 0 aromatic rings. The molecule has 1 unspecified atom stereocenters. The average Bonchev–Trinajstić information content (AvgIpc) is 2.88. The van der Waals surface area contributed by atoms with Crippen LogP contribution in [0.3, 0.4) is 0 Å². The fraction of sp³-hybridized carbons (Fsp3) is 0.889. The fourth-order valence-corrected chi connectivity index (χ4v) is 3.95. The third kappa shape index (κ3) is 2.31. The zero-order chi connectivity index (χ0) is 11.1. The Labute approximate surface area is 89.1 Å². The van der Waals surface area contributed by atoms with Crippen LogP contribution in [0.4, 0.5) is 0 Å². The van der Waals surface area contributed by atoms with Gasteiger partial charge in [0.1, 0.15) is 0 Å². The molecule has 1 saturated heterocycles. The van der Waals surface area contributed by atoms with Crippen molar-refractivity contribution in [2.75, 3.05) is 13.1 Å². The molecule has 1 heterocycles. The van der Waals surface area contributed by atoms with Crippen LogP contribution in [0, 0.1) is 5.92 Å². The summed E-state index contributed by atoms with van der Waals surface area (Å²) in [5.41, 5.74) is 0. The van der Waals surface area contributed by atoms with Gasteiger partial charge in [-0.2, -0.15) is 0 Å². The lowest BCUT2D eigenvalue weighted by atomic mass is 10.1. The Kier molecular flexibility index (Phi) is 2.72. The molecule has 2 rings (SSSR count). The molecule has 0 aromatic heterocycles. The molecule has 0 radical (unpaired) electrons. The second-order valence-corrected chi connectivity index (χ2v) is 6.57. The number of rotatable bonds is 4. The highest BCUT2D eigenvalue weighted by Crippen LogP contribution is 2.34. The molecular formula is C9H15NO4S. The van der Waals surface area contributed by atoms with Gasteiger partial charge in [0.25, 0.3) is 0 Å². The molecule has 0 aromatic carbocycles. The third-order valence-corrected chi connectivity index (χ3v) is 5.38. The molecule has 2 fully saturated rings.